The molecule has 23 heavy (non-hydrogen) atoms. The van der Waals surface area contributed by atoms with E-state index in [0.717, 1.165) is 0 Å². The van der Waals surface area contributed by atoms with Crippen LogP contribution in [0.3, 0.4) is 0 Å². The van der Waals surface area contributed by atoms with Crippen LogP contribution in [0.4, 0.5) is 0 Å². The molecule has 1 amide bonds. The van der Waals surface area contributed by atoms with Crippen LogP contribution in [0.5, 0.6) is 5.75 Å². The number of hydrogen-bond acceptors (Lipinski definition) is 7. The summed E-state index contributed by atoms with van der Waals surface area (Å²) in [6, 6.07) is 0.938. The smallest absolute Gasteiger partial charge is 0.256 e. The van der Waals surface area contributed by atoms with Crippen molar-refractivity contribution in [3.05, 3.63) is 35.8 Å². The molecule has 0 bridgehead atoms. The number of hydrogen-bond donors (Lipinski definition) is 1. The van der Waals surface area contributed by atoms with E-state index in [1.165, 1.54) is 18.5 Å². The summed E-state index contributed by atoms with van der Waals surface area (Å²) < 4.78 is 11.1. The molecule has 0 spiro atoms. The van der Waals surface area contributed by atoms with E-state index < -0.39 is 6.04 Å². The largest absolute Gasteiger partial charge is 0.506 e. The maximum atomic E-state index is 12.7. The van der Waals surface area contributed by atoms with Gasteiger partial charge in [-0.2, -0.15) is 0 Å². The molecule has 1 aliphatic heterocycles. The molecular weight excluding hydrogens is 300 g/mol. The van der Waals surface area contributed by atoms with Crippen LogP contribution in [0.1, 0.15) is 47.9 Å². The fourth-order valence-electron chi connectivity index (χ4n) is 2.38. The monoisotopic (exact) mass is 318 g/mol. The van der Waals surface area contributed by atoms with E-state index in [4.69, 9.17) is 9.15 Å². The second-order valence-corrected chi connectivity index (χ2v) is 5.65. The van der Waals surface area contributed by atoms with E-state index in [9.17, 15) is 9.90 Å². The Hall–Kier alpha value is -2.48. The maximum Gasteiger partial charge on any atom is 0.256 e. The number of aromatic hydroxyl groups is 1. The van der Waals surface area contributed by atoms with Crippen molar-refractivity contribution in [2.45, 2.75) is 25.8 Å². The highest BCUT2D eigenvalue weighted by atomic mass is 16.5. The van der Waals surface area contributed by atoms with Crippen LogP contribution in [0.15, 0.2) is 22.9 Å². The summed E-state index contributed by atoms with van der Waals surface area (Å²) in [6.45, 7) is 5.03. The van der Waals surface area contributed by atoms with Gasteiger partial charge in [0.25, 0.3) is 5.91 Å². The highest BCUT2D eigenvalue weighted by Crippen LogP contribution is 2.27. The van der Waals surface area contributed by atoms with E-state index in [-0.39, 0.29) is 24.2 Å². The highest BCUT2D eigenvalue weighted by Gasteiger charge is 2.33. The molecule has 3 rings (SSSR count). The Labute approximate surface area is 133 Å². The standard InChI is InChI=1S/C15H18N4O4/c1-9(2)13-17-18-14(23-13)12-8-22-4-3-19(12)15(21)10-5-11(20)7-16-6-10/h5-7,9,12,20H,3-4,8H2,1-2H3. The lowest BCUT2D eigenvalue weighted by Crippen LogP contribution is -2.43. The molecule has 2 aromatic heterocycles. The lowest BCUT2D eigenvalue weighted by atomic mass is 10.1. The van der Waals surface area contributed by atoms with Crippen LogP contribution in [-0.2, 0) is 4.74 Å². The van der Waals surface area contributed by atoms with Crippen LogP contribution in [0.2, 0.25) is 0 Å². The van der Waals surface area contributed by atoms with Crippen LogP contribution in [0, 0.1) is 0 Å². The third kappa shape index (κ3) is 3.16. The average molecular weight is 318 g/mol. The van der Waals surface area contributed by atoms with Crippen molar-refractivity contribution in [2.75, 3.05) is 19.8 Å². The van der Waals surface area contributed by atoms with E-state index in [1.807, 2.05) is 13.8 Å². The first-order valence-corrected chi connectivity index (χ1v) is 7.42. The van der Waals surface area contributed by atoms with Crippen LogP contribution in [0.25, 0.3) is 0 Å². The average Bonchev–Trinajstić information content (AvgIpc) is 3.04. The molecule has 3 heterocycles. The minimum Gasteiger partial charge on any atom is -0.506 e. The summed E-state index contributed by atoms with van der Waals surface area (Å²) in [7, 11) is 0. The zero-order chi connectivity index (χ0) is 16.4. The number of carbonyl (C=O) groups excluding carboxylic acids is 1. The van der Waals surface area contributed by atoms with Gasteiger partial charge in [0.15, 0.2) is 0 Å². The molecule has 0 radical (unpaired) electrons. The van der Waals surface area contributed by atoms with Crippen molar-refractivity contribution >= 4 is 5.91 Å². The molecule has 8 heteroatoms. The summed E-state index contributed by atoms with van der Waals surface area (Å²) in [5.74, 6) is 0.679. The molecular formula is C15H18N4O4. The van der Waals surface area contributed by atoms with Crippen molar-refractivity contribution in [1.82, 2.24) is 20.1 Å². The van der Waals surface area contributed by atoms with E-state index >= 15 is 0 Å². The van der Waals surface area contributed by atoms with Crippen molar-refractivity contribution in [2.24, 2.45) is 0 Å². The molecule has 1 atom stereocenters. The van der Waals surface area contributed by atoms with Crippen molar-refractivity contribution in [3.8, 4) is 5.75 Å². The Bertz CT molecular complexity index is 700. The van der Waals surface area contributed by atoms with Crippen molar-refractivity contribution in [3.63, 3.8) is 0 Å². The van der Waals surface area contributed by atoms with Gasteiger partial charge in [-0.1, -0.05) is 13.8 Å². The normalized spacial score (nSPS) is 18.4. The number of carbonyl (C=O) groups is 1. The molecule has 0 saturated carbocycles. The molecule has 0 aromatic carbocycles. The summed E-state index contributed by atoms with van der Waals surface area (Å²) >= 11 is 0. The fraction of sp³-hybridized carbons (Fsp3) is 0.467. The predicted octanol–water partition coefficient (Wildman–Crippen LogP) is 1.51. The van der Waals surface area contributed by atoms with Gasteiger partial charge in [-0.25, -0.2) is 0 Å². The zero-order valence-corrected chi connectivity index (χ0v) is 13.0. The summed E-state index contributed by atoms with van der Waals surface area (Å²) in [4.78, 5) is 18.2. The van der Waals surface area contributed by atoms with Gasteiger partial charge in [0.1, 0.15) is 11.8 Å². The third-order valence-corrected chi connectivity index (χ3v) is 3.60. The topological polar surface area (TPSA) is 102 Å². The maximum absolute atomic E-state index is 12.7. The van der Waals surface area contributed by atoms with Crippen LogP contribution in [-0.4, -0.2) is 50.9 Å². The molecule has 1 fully saturated rings. The third-order valence-electron chi connectivity index (χ3n) is 3.60. The lowest BCUT2D eigenvalue weighted by Gasteiger charge is -2.33. The molecule has 1 saturated heterocycles. The van der Waals surface area contributed by atoms with Crippen molar-refractivity contribution in [1.29, 1.82) is 0 Å². The van der Waals surface area contributed by atoms with E-state index in [0.29, 0.717) is 30.5 Å². The Kier molecular flexibility index (Phi) is 4.24. The fourth-order valence-corrected chi connectivity index (χ4v) is 2.38. The Morgan fingerprint density at radius 2 is 2.22 bits per heavy atom. The van der Waals surface area contributed by atoms with Gasteiger partial charge in [-0.05, 0) is 6.07 Å². The summed E-state index contributed by atoms with van der Waals surface area (Å²) in [5.41, 5.74) is 0.306. The summed E-state index contributed by atoms with van der Waals surface area (Å²) in [5, 5.41) is 17.6. The predicted molar refractivity (Wildman–Crippen MR) is 78.9 cm³/mol. The van der Waals surface area contributed by atoms with Crippen LogP contribution < -0.4 is 0 Å². The number of morpholine rings is 1. The quantitative estimate of drug-likeness (QED) is 0.915. The first-order valence-electron chi connectivity index (χ1n) is 7.42. The Morgan fingerprint density at radius 3 is 2.91 bits per heavy atom. The minimum atomic E-state index is -0.446. The molecule has 2 aromatic rings. The van der Waals surface area contributed by atoms with Gasteiger partial charge in [-0.15, -0.1) is 10.2 Å². The van der Waals surface area contributed by atoms with Gasteiger partial charge in [0, 0.05) is 18.7 Å². The number of amides is 1. The second kappa shape index (κ2) is 6.33. The molecule has 0 aliphatic carbocycles. The Morgan fingerprint density at radius 1 is 1.39 bits per heavy atom. The van der Waals surface area contributed by atoms with Gasteiger partial charge in [-0.3, -0.25) is 9.78 Å². The summed E-state index contributed by atoms with van der Waals surface area (Å²) in [6.07, 6.45) is 2.70. The zero-order valence-electron chi connectivity index (χ0n) is 13.0. The van der Waals surface area contributed by atoms with Gasteiger partial charge < -0.3 is 19.2 Å². The Balaban J connectivity index is 1.87. The molecule has 1 N–H and O–H groups in total. The first kappa shape index (κ1) is 15.4. The van der Waals surface area contributed by atoms with Gasteiger partial charge in [0.05, 0.1) is 25.0 Å². The second-order valence-electron chi connectivity index (χ2n) is 5.65. The highest BCUT2D eigenvalue weighted by molar-refractivity contribution is 5.94. The molecule has 1 unspecified atom stereocenters. The SMILES string of the molecule is CC(C)c1nnc(C2COCCN2C(=O)c2cncc(O)c2)o1. The van der Waals surface area contributed by atoms with Crippen LogP contribution >= 0.6 is 0 Å². The number of ether oxygens (including phenoxy) is 1. The number of nitrogens with zero attached hydrogens (tertiary/aromatic N) is 4. The van der Waals surface area contributed by atoms with Crippen molar-refractivity contribution < 1.29 is 19.1 Å². The van der Waals surface area contributed by atoms with Gasteiger partial charge in [0.2, 0.25) is 11.8 Å². The number of pyridine rings is 1. The minimum absolute atomic E-state index is 0.0551. The molecule has 122 valence electrons. The first-order chi connectivity index (χ1) is 11.1. The molecule has 8 nitrogen and oxygen atoms in total. The molecule has 1 aliphatic rings. The van der Waals surface area contributed by atoms with E-state index in [2.05, 4.69) is 15.2 Å². The number of rotatable bonds is 3. The van der Waals surface area contributed by atoms with Gasteiger partial charge >= 0.3 is 0 Å². The lowest BCUT2D eigenvalue weighted by molar-refractivity contribution is -0.0108. The van der Waals surface area contributed by atoms with E-state index in [1.54, 1.807) is 4.90 Å². The number of aromatic nitrogens is 3.